The Labute approximate surface area is 106 Å². The lowest BCUT2D eigenvalue weighted by atomic mass is 10.1. The van der Waals surface area contributed by atoms with E-state index in [-0.39, 0.29) is 0 Å². The zero-order valence-corrected chi connectivity index (χ0v) is 12.1. The topological polar surface area (TPSA) is 12.0 Å². The highest BCUT2D eigenvalue weighted by Crippen LogP contribution is 2.29. The van der Waals surface area contributed by atoms with Crippen LogP contribution in [0.15, 0.2) is 0 Å². The smallest absolute Gasteiger partial charge is 0.0201 e. The molecule has 1 aliphatic carbocycles. The van der Waals surface area contributed by atoms with Crippen LogP contribution in [0, 0.1) is 5.92 Å². The molecule has 0 radical (unpaired) electrons. The lowest BCUT2D eigenvalue weighted by molar-refractivity contribution is 0.481. The van der Waals surface area contributed by atoms with Crippen molar-refractivity contribution in [2.24, 2.45) is 5.92 Å². The van der Waals surface area contributed by atoms with Crippen LogP contribution in [0.1, 0.15) is 59.3 Å². The monoisotopic (exact) mass is 243 g/mol. The summed E-state index contributed by atoms with van der Waals surface area (Å²) < 4.78 is 0. The van der Waals surface area contributed by atoms with Crippen molar-refractivity contribution in [2.75, 3.05) is 12.3 Å². The quantitative estimate of drug-likeness (QED) is 0.706. The molecule has 0 aliphatic heterocycles. The molecule has 3 atom stereocenters. The number of rotatable bonds is 6. The van der Waals surface area contributed by atoms with E-state index < -0.39 is 0 Å². The Balaban J connectivity index is 2.37. The number of hydrogen-bond acceptors (Lipinski definition) is 2. The molecule has 0 aromatic heterocycles. The van der Waals surface area contributed by atoms with Gasteiger partial charge in [0.1, 0.15) is 0 Å². The summed E-state index contributed by atoms with van der Waals surface area (Å²) in [6.07, 6.45) is 8.47. The minimum absolute atomic E-state index is 0.779. The van der Waals surface area contributed by atoms with E-state index in [1.165, 1.54) is 44.3 Å². The first kappa shape index (κ1) is 14.4. The van der Waals surface area contributed by atoms with Crippen molar-refractivity contribution < 1.29 is 0 Å². The van der Waals surface area contributed by atoms with Crippen LogP contribution in [0.4, 0.5) is 0 Å². The Morgan fingerprint density at radius 1 is 1.19 bits per heavy atom. The molecule has 1 saturated carbocycles. The lowest BCUT2D eigenvalue weighted by Gasteiger charge is -2.26. The fourth-order valence-electron chi connectivity index (χ4n) is 2.37. The molecule has 0 spiro atoms. The number of nitrogens with one attached hydrogen (secondary N) is 1. The second-order valence-corrected chi connectivity index (χ2v) is 6.46. The van der Waals surface area contributed by atoms with Crippen molar-refractivity contribution in [1.82, 2.24) is 5.32 Å². The van der Waals surface area contributed by atoms with Gasteiger partial charge in [0.25, 0.3) is 0 Å². The molecule has 1 fully saturated rings. The van der Waals surface area contributed by atoms with Crippen LogP contribution < -0.4 is 5.32 Å². The van der Waals surface area contributed by atoms with Crippen LogP contribution in [0.5, 0.6) is 0 Å². The normalized spacial score (nSPS) is 28.7. The van der Waals surface area contributed by atoms with Gasteiger partial charge in [-0.2, -0.15) is 11.8 Å². The average Bonchev–Trinajstić information content (AvgIpc) is 2.52. The molecule has 96 valence electrons. The third kappa shape index (κ3) is 5.09. The van der Waals surface area contributed by atoms with Gasteiger partial charge in [0, 0.05) is 11.3 Å². The van der Waals surface area contributed by atoms with E-state index in [0.717, 1.165) is 23.8 Å². The highest BCUT2D eigenvalue weighted by Gasteiger charge is 2.23. The van der Waals surface area contributed by atoms with Crippen molar-refractivity contribution in [3.8, 4) is 0 Å². The molecule has 0 amide bonds. The third-order valence-electron chi connectivity index (χ3n) is 3.71. The molecule has 0 bridgehead atoms. The van der Waals surface area contributed by atoms with E-state index in [9.17, 15) is 0 Å². The highest BCUT2D eigenvalue weighted by molar-refractivity contribution is 7.99. The molecule has 3 unspecified atom stereocenters. The summed E-state index contributed by atoms with van der Waals surface area (Å²) in [4.78, 5) is 0. The first-order chi connectivity index (χ1) is 7.77. The van der Waals surface area contributed by atoms with Gasteiger partial charge in [0.15, 0.2) is 0 Å². The maximum Gasteiger partial charge on any atom is 0.0201 e. The van der Waals surface area contributed by atoms with Crippen LogP contribution in [0.2, 0.25) is 0 Å². The molecule has 0 aromatic carbocycles. The largest absolute Gasteiger partial charge is 0.313 e. The molecule has 1 aliphatic rings. The van der Waals surface area contributed by atoms with Gasteiger partial charge in [-0.15, -0.1) is 0 Å². The van der Waals surface area contributed by atoms with E-state index in [2.05, 4.69) is 37.8 Å². The molecule has 0 heterocycles. The first-order valence-electron chi connectivity index (χ1n) is 7.12. The maximum absolute atomic E-state index is 3.70. The second kappa shape index (κ2) is 8.41. The van der Waals surface area contributed by atoms with Gasteiger partial charge >= 0.3 is 0 Å². The van der Waals surface area contributed by atoms with Gasteiger partial charge in [-0.05, 0) is 31.1 Å². The molecular formula is C14H29NS. The van der Waals surface area contributed by atoms with Crippen molar-refractivity contribution >= 4 is 11.8 Å². The van der Waals surface area contributed by atoms with E-state index in [4.69, 9.17) is 0 Å². The SMILES string of the molecule is CCNC1CCCCCC1SCC(C)CC. The molecule has 0 aromatic rings. The second-order valence-electron chi connectivity index (χ2n) is 5.19. The molecule has 1 nitrogen and oxygen atoms in total. The minimum atomic E-state index is 0.779. The fourth-order valence-corrected chi connectivity index (χ4v) is 3.98. The van der Waals surface area contributed by atoms with Gasteiger partial charge in [0.2, 0.25) is 0 Å². The fraction of sp³-hybridized carbons (Fsp3) is 1.00. The van der Waals surface area contributed by atoms with Crippen molar-refractivity contribution in [3.05, 3.63) is 0 Å². The summed E-state index contributed by atoms with van der Waals surface area (Å²) >= 11 is 2.23. The van der Waals surface area contributed by atoms with Gasteiger partial charge < -0.3 is 5.32 Å². The molecule has 1 N–H and O–H groups in total. The van der Waals surface area contributed by atoms with E-state index in [0.29, 0.717) is 0 Å². The minimum Gasteiger partial charge on any atom is -0.313 e. The zero-order valence-electron chi connectivity index (χ0n) is 11.3. The summed E-state index contributed by atoms with van der Waals surface area (Å²) in [6, 6.07) is 0.779. The van der Waals surface area contributed by atoms with E-state index >= 15 is 0 Å². The maximum atomic E-state index is 3.70. The van der Waals surface area contributed by atoms with Crippen LogP contribution in [-0.4, -0.2) is 23.6 Å². The Morgan fingerprint density at radius 2 is 1.94 bits per heavy atom. The third-order valence-corrected chi connectivity index (χ3v) is 5.46. The van der Waals surface area contributed by atoms with E-state index in [1.807, 2.05) is 0 Å². The first-order valence-corrected chi connectivity index (χ1v) is 8.17. The van der Waals surface area contributed by atoms with Gasteiger partial charge in [0.05, 0.1) is 0 Å². The zero-order chi connectivity index (χ0) is 11.8. The molecule has 2 heteroatoms. The highest BCUT2D eigenvalue weighted by atomic mass is 32.2. The molecule has 16 heavy (non-hydrogen) atoms. The van der Waals surface area contributed by atoms with Crippen molar-refractivity contribution in [2.45, 2.75) is 70.6 Å². The van der Waals surface area contributed by atoms with Gasteiger partial charge in [-0.25, -0.2) is 0 Å². The summed E-state index contributed by atoms with van der Waals surface area (Å²) in [7, 11) is 0. The van der Waals surface area contributed by atoms with Crippen molar-refractivity contribution in [1.29, 1.82) is 0 Å². The van der Waals surface area contributed by atoms with E-state index in [1.54, 1.807) is 0 Å². The van der Waals surface area contributed by atoms with Crippen LogP contribution in [-0.2, 0) is 0 Å². The van der Waals surface area contributed by atoms with Crippen LogP contribution in [0.3, 0.4) is 0 Å². The Hall–Kier alpha value is 0.310. The Bertz CT molecular complexity index is 172. The summed E-state index contributed by atoms with van der Waals surface area (Å²) in [5.41, 5.74) is 0. The molecule has 1 rings (SSSR count). The predicted molar refractivity (Wildman–Crippen MR) is 76.3 cm³/mol. The summed E-state index contributed by atoms with van der Waals surface area (Å²) in [5.74, 6) is 2.24. The molecular weight excluding hydrogens is 214 g/mol. The number of thioether (sulfide) groups is 1. The van der Waals surface area contributed by atoms with Gasteiger partial charge in [-0.1, -0.05) is 46.5 Å². The predicted octanol–water partition coefficient (Wildman–Crippen LogP) is 4.08. The standard InChI is InChI=1S/C14H29NS/c1-4-12(3)11-16-14-10-8-6-7-9-13(14)15-5-2/h12-15H,4-11H2,1-3H3. The lowest BCUT2D eigenvalue weighted by Crippen LogP contribution is -2.37. The van der Waals surface area contributed by atoms with Gasteiger partial charge in [-0.3, -0.25) is 0 Å². The average molecular weight is 243 g/mol. The summed E-state index contributed by atoms with van der Waals surface area (Å²) in [5, 5.41) is 4.57. The Morgan fingerprint density at radius 3 is 2.62 bits per heavy atom. The van der Waals surface area contributed by atoms with Crippen LogP contribution in [0.25, 0.3) is 0 Å². The van der Waals surface area contributed by atoms with Crippen molar-refractivity contribution in [3.63, 3.8) is 0 Å². The van der Waals surface area contributed by atoms with Crippen LogP contribution >= 0.6 is 11.8 Å². The number of hydrogen-bond donors (Lipinski definition) is 1. The Kier molecular flexibility index (Phi) is 7.55. The molecule has 0 saturated heterocycles. The summed E-state index contributed by atoms with van der Waals surface area (Å²) in [6.45, 7) is 8.05.